The fourth-order valence-corrected chi connectivity index (χ4v) is 3.38. The molecule has 0 radical (unpaired) electrons. The number of anilines is 1. The number of esters is 1. The molecular formula is C19H22N4O4. The topological polar surface area (TPSA) is 105 Å². The molecule has 142 valence electrons. The van der Waals surface area contributed by atoms with Crippen LogP contribution in [0.5, 0.6) is 0 Å². The summed E-state index contributed by atoms with van der Waals surface area (Å²) in [6.45, 7) is 6.30. The zero-order valence-electron chi connectivity index (χ0n) is 15.7. The molecule has 2 aromatic rings. The van der Waals surface area contributed by atoms with Gasteiger partial charge in [0.25, 0.3) is 0 Å². The van der Waals surface area contributed by atoms with Gasteiger partial charge in [0.15, 0.2) is 23.9 Å². The molecule has 0 bridgehead atoms. The number of ether oxygens (including phenoxy) is 1. The maximum atomic E-state index is 12.4. The number of nitrogens with one attached hydrogen (secondary N) is 1. The summed E-state index contributed by atoms with van der Waals surface area (Å²) in [7, 11) is 0. The van der Waals surface area contributed by atoms with Gasteiger partial charge >= 0.3 is 5.97 Å². The molecule has 0 atom stereocenters. The fourth-order valence-electron chi connectivity index (χ4n) is 3.38. The van der Waals surface area contributed by atoms with Gasteiger partial charge in [0.1, 0.15) is 0 Å². The van der Waals surface area contributed by atoms with Crippen LogP contribution in [0.3, 0.4) is 0 Å². The Balaban J connectivity index is 1.62. The first kappa shape index (κ1) is 18.8. The number of aryl methyl sites for hydroxylation is 1. The summed E-state index contributed by atoms with van der Waals surface area (Å²) in [5.74, 6) is -0.505. The molecule has 8 heteroatoms. The molecule has 27 heavy (non-hydrogen) atoms. The number of nitrogens with zero attached hydrogens (tertiary/aromatic N) is 3. The lowest BCUT2D eigenvalue weighted by Gasteiger charge is -2.15. The second kappa shape index (κ2) is 7.69. The number of hydrogen-bond acceptors (Lipinski definition) is 7. The molecule has 1 fully saturated rings. The van der Waals surface area contributed by atoms with Crippen LogP contribution < -0.4 is 4.90 Å². The van der Waals surface area contributed by atoms with E-state index in [1.165, 1.54) is 6.92 Å². The van der Waals surface area contributed by atoms with Crippen LogP contribution in [-0.4, -0.2) is 52.4 Å². The van der Waals surface area contributed by atoms with E-state index >= 15 is 0 Å². The van der Waals surface area contributed by atoms with Crippen molar-refractivity contribution < 1.29 is 19.1 Å². The molecular weight excluding hydrogens is 348 g/mol. The van der Waals surface area contributed by atoms with Crippen molar-refractivity contribution >= 4 is 23.4 Å². The van der Waals surface area contributed by atoms with Crippen molar-refractivity contribution in [2.75, 3.05) is 24.6 Å². The molecule has 0 saturated carbocycles. The van der Waals surface area contributed by atoms with Gasteiger partial charge < -0.3 is 14.6 Å². The van der Waals surface area contributed by atoms with Crippen LogP contribution >= 0.6 is 0 Å². The third-order valence-corrected chi connectivity index (χ3v) is 4.69. The predicted molar refractivity (Wildman–Crippen MR) is 98.4 cm³/mol. The van der Waals surface area contributed by atoms with Gasteiger partial charge in [-0.05, 0) is 51.3 Å². The van der Waals surface area contributed by atoms with E-state index in [4.69, 9.17) is 4.74 Å². The summed E-state index contributed by atoms with van der Waals surface area (Å²) in [5.41, 5.74) is 2.01. The Bertz CT molecular complexity index is 880. The number of aromatic amines is 1. The van der Waals surface area contributed by atoms with Crippen molar-refractivity contribution in [3.8, 4) is 0 Å². The summed E-state index contributed by atoms with van der Waals surface area (Å²) < 4.78 is 5.06. The Kier molecular flexibility index (Phi) is 5.34. The summed E-state index contributed by atoms with van der Waals surface area (Å²) in [6, 6.07) is 3.28. The van der Waals surface area contributed by atoms with Crippen LogP contribution in [0.2, 0.25) is 0 Å². The molecule has 1 saturated heterocycles. The van der Waals surface area contributed by atoms with Gasteiger partial charge in [0.05, 0.1) is 5.69 Å². The summed E-state index contributed by atoms with van der Waals surface area (Å²) in [5, 5.41) is 7.96. The lowest BCUT2D eigenvalue weighted by molar-refractivity contribution is 0.0466. The molecule has 3 heterocycles. The first-order valence-electron chi connectivity index (χ1n) is 8.87. The zero-order chi connectivity index (χ0) is 19.6. The SMILES string of the molecule is CC(=O)c1c(C)[nH]c(C(=O)COC(=O)c2ccc(N3CCCC3)nn2)c1C. The average Bonchev–Trinajstić information content (AvgIpc) is 3.27. The summed E-state index contributed by atoms with van der Waals surface area (Å²) >= 11 is 0. The molecule has 0 amide bonds. The Morgan fingerprint density at radius 2 is 1.85 bits per heavy atom. The number of aromatic nitrogens is 3. The maximum absolute atomic E-state index is 12.4. The van der Waals surface area contributed by atoms with E-state index in [9.17, 15) is 14.4 Å². The highest BCUT2D eigenvalue weighted by molar-refractivity contribution is 6.04. The van der Waals surface area contributed by atoms with E-state index < -0.39 is 18.4 Å². The summed E-state index contributed by atoms with van der Waals surface area (Å²) in [4.78, 5) is 41.1. The minimum Gasteiger partial charge on any atom is -0.452 e. The van der Waals surface area contributed by atoms with E-state index in [1.54, 1.807) is 26.0 Å². The van der Waals surface area contributed by atoms with Gasteiger partial charge in [0.2, 0.25) is 5.78 Å². The molecule has 0 unspecified atom stereocenters. The fraction of sp³-hybridized carbons (Fsp3) is 0.421. The molecule has 0 aliphatic carbocycles. The number of ketones is 2. The molecule has 1 aliphatic rings. The Labute approximate surface area is 156 Å². The van der Waals surface area contributed by atoms with E-state index in [-0.39, 0.29) is 17.2 Å². The van der Waals surface area contributed by atoms with Crippen molar-refractivity contribution in [3.63, 3.8) is 0 Å². The van der Waals surface area contributed by atoms with Crippen molar-refractivity contribution in [1.29, 1.82) is 0 Å². The van der Waals surface area contributed by atoms with Gasteiger partial charge in [0, 0.05) is 24.3 Å². The lowest BCUT2D eigenvalue weighted by Crippen LogP contribution is -2.20. The molecule has 1 N–H and O–H groups in total. The van der Waals surface area contributed by atoms with Crippen LogP contribution in [0.25, 0.3) is 0 Å². The first-order valence-corrected chi connectivity index (χ1v) is 8.87. The number of carbonyl (C=O) groups is 3. The van der Waals surface area contributed by atoms with Gasteiger partial charge in [-0.2, -0.15) is 0 Å². The second-order valence-electron chi connectivity index (χ2n) is 6.65. The second-order valence-corrected chi connectivity index (χ2v) is 6.65. The van der Waals surface area contributed by atoms with Crippen molar-refractivity contribution in [1.82, 2.24) is 15.2 Å². The van der Waals surface area contributed by atoms with Gasteiger partial charge in [-0.15, -0.1) is 10.2 Å². The minimum atomic E-state index is -0.712. The third kappa shape index (κ3) is 3.89. The standard InChI is InChI=1S/C19H22N4O4/c1-11-17(13(3)24)12(2)20-18(11)15(25)10-27-19(26)14-6-7-16(22-21-14)23-8-4-5-9-23/h6-7,20H,4-5,8-10H2,1-3H3. The zero-order valence-corrected chi connectivity index (χ0v) is 15.7. The quantitative estimate of drug-likeness (QED) is 0.614. The maximum Gasteiger partial charge on any atom is 0.359 e. The van der Waals surface area contributed by atoms with Gasteiger partial charge in [-0.25, -0.2) is 4.79 Å². The Hall–Kier alpha value is -3.03. The first-order chi connectivity index (χ1) is 12.9. The average molecular weight is 370 g/mol. The lowest BCUT2D eigenvalue weighted by atomic mass is 10.1. The van der Waals surface area contributed by atoms with Gasteiger partial charge in [-0.3, -0.25) is 9.59 Å². The Morgan fingerprint density at radius 1 is 1.15 bits per heavy atom. The molecule has 3 rings (SSSR count). The van der Waals surface area contributed by atoms with Crippen molar-refractivity contribution in [2.45, 2.75) is 33.6 Å². The van der Waals surface area contributed by atoms with Crippen molar-refractivity contribution in [2.24, 2.45) is 0 Å². The molecule has 8 nitrogen and oxygen atoms in total. The third-order valence-electron chi connectivity index (χ3n) is 4.69. The van der Waals surface area contributed by atoms with Crippen molar-refractivity contribution in [3.05, 3.63) is 40.3 Å². The van der Waals surface area contributed by atoms with E-state index in [0.717, 1.165) is 31.7 Å². The number of rotatable bonds is 6. The van der Waals surface area contributed by atoms with Crippen LogP contribution in [-0.2, 0) is 4.74 Å². The van der Waals surface area contributed by atoms with E-state index in [2.05, 4.69) is 20.1 Å². The number of carbonyl (C=O) groups excluding carboxylic acids is 3. The molecule has 0 aromatic carbocycles. The highest BCUT2D eigenvalue weighted by Crippen LogP contribution is 2.19. The Morgan fingerprint density at radius 3 is 2.41 bits per heavy atom. The number of hydrogen-bond donors (Lipinski definition) is 1. The molecule has 2 aromatic heterocycles. The van der Waals surface area contributed by atoms with Gasteiger partial charge in [-0.1, -0.05) is 0 Å². The van der Waals surface area contributed by atoms with Crippen LogP contribution in [0.4, 0.5) is 5.82 Å². The number of Topliss-reactive ketones (excluding diaryl/α,β-unsaturated/α-hetero) is 2. The highest BCUT2D eigenvalue weighted by atomic mass is 16.5. The van der Waals surface area contributed by atoms with Crippen LogP contribution in [0.15, 0.2) is 12.1 Å². The van der Waals surface area contributed by atoms with Crippen LogP contribution in [0.1, 0.15) is 62.4 Å². The minimum absolute atomic E-state index is 0.0505. The number of H-pyrrole nitrogens is 1. The summed E-state index contributed by atoms with van der Waals surface area (Å²) in [6.07, 6.45) is 2.24. The van der Waals surface area contributed by atoms with Crippen LogP contribution in [0, 0.1) is 13.8 Å². The molecule has 0 spiro atoms. The smallest absolute Gasteiger partial charge is 0.359 e. The normalized spacial score (nSPS) is 13.7. The highest BCUT2D eigenvalue weighted by Gasteiger charge is 2.22. The molecule has 1 aliphatic heterocycles. The van der Waals surface area contributed by atoms with E-state index in [0.29, 0.717) is 16.8 Å². The predicted octanol–water partition coefficient (Wildman–Crippen LogP) is 2.26. The monoisotopic (exact) mass is 370 g/mol. The van der Waals surface area contributed by atoms with E-state index in [1.807, 2.05) is 0 Å². The largest absolute Gasteiger partial charge is 0.452 e.